The fraction of sp³-hybridized carbons (Fsp3) is 0.600. The molecule has 2 saturated heterocycles. The number of hydrogen-bond acceptors (Lipinski definition) is 4. The molecule has 2 fully saturated rings. The topological polar surface area (TPSA) is 58.6 Å². The summed E-state index contributed by atoms with van der Waals surface area (Å²) in [5.74, 6) is 1.17. The Hall–Kier alpha value is -1.11. The van der Waals surface area contributed by atoms with E-state index in [2.05, 4.69) is 5.32 Å². The van der Waals surface area contributed by atoms with Crippen LogP contribution in [-0.2, 0) is 10.0 Å². The molecule has 3 rings (SSSR count). The van der Waals surface area contributed by atoms with E-state index in [-0.39, 0.29) is 0 Å². The van der Waals surface area contributed by atoms with Gasteiger partial charge in [0.2, 0.25) is 10.0 Å². The van der Waals surface area contributed by atoms with Crippen molar-refractivity contribution < 1.29 is 13.2 Å². The van der Waals surface area contributed by atoms with Gasteiger partial charge in [0, 0.05) is 19.1 Å². The molecule has 1 aromatic carbocycles. The van der Waals surface area contributed by atoms with Crippen LogP contribution in [0.5, 0.6) is 5.75 Å². The van der Waals surface area contributed by atoms with Crippen LogP contribution in [-0.4, -0.2) is 45.5 Å². The zero-order valence-electron chi connectivity index (χ0n) is 12.5. The number of piperidine rings is 1. The van der Waals surface area contributed by atoms with Gasteiger partial charge in [0.15, 0.2) is 0 Å². The average molecular weight is 310 g/mol. The zero-order valence-corrected chi connectivity index (χ0v) is 13.3. The molecule has 2 aliphatic rings. The van der Waals surface area contributed by atoms with Crippen LogP contribution in [0.1, 0.15) is 18.4 Å². The van der Waals surface area contributed by atoms with Crippen LogP contribution in [0.15, 0.2) is 23.1 Å². The molecule has 1 aromatic rings. The van der Waals surface area contributed by atoms with E-state index in [1.54, 1.807) is 29.6 Å². The highest BCUT2D eigenvalue weighted by atomic mass is 32.2. The number of hydrogen-bond donors (Lipinski definition) is 1. The second kappa shape index (κ2) is 5.59. The number of ether oxygens (including phenoxy) is 1. The molecule has 5 nitrogen and oxygen atoms in total. The summed E-state index contributed by atoms with van der Waals surface area (Å²) in [6.07, 6.45) is 1.97. The van der Waals surface area contributed by atoms with Crippen LogP contribution in [0.4, 0.5) is 0 Å². The van der Waals surface area contributed by atoms with Crippen molar-refractivity contribution in [1.82, 2.24) is 9.62 Å². The summed E-state index contributed by atoms with van der Waals surface area (Å²) < 4.78 is 32.4. The van der Waals surface area contributed by atoms with Crippen LogP contribution in [0, 0.1) is 12.8 Å². The molecule has 2 heterocycles. The molecule has 0 aromatic heterocycles. The van der Waals surface area contributed by atoms with Gasteiger partial charge in [0.1, 0.15) is 5.75 Å². The molecular weight excluding hydrogens is 288 g/mol. The van der Waals surface area contributed by atoms with Gasteiger partial charge in [-0.1, -0.05) is 0 Å². The third-order valence-corrected chi connectivity index (χ3v) is 6.48. The van der Waals surface area contributed by atoms with E-state index >= 15 is 0 Å². The smallest absolute Gasteiger partial charge is 0.243 e. The molecule has 0 radical (unpaired) electrons. The normalized spacial score (nSPS) is 26.6. The fourth-order valence-corrected chi connectivity index (χ4v) is 4.99. The fourth-order valence-electron chi connectivity index (χ4n) is 3.39. The van der Waals surface area contributed by atoms with Crippen LogP contribution in [0.25, 0.3) is 0 Å². The van der Waals surface area contributed by atoms with E-state index in [9.17, 15) is 8.42 Å². The Balaban J connectivity index is 1.85. The molecule has 2 aliphatic heterocycles. The number of sulfonamides is 1. The number of rotatable bonds is 3. The van der Waals surface area contributed by atoms with E-state index in [1.807, 2.05) is 6.92 Å². The van der Waals surface area contributed by atoms with Gasteiger partial charge in [0.05, 0.1) is 12.0 Å². The van der Waals surface area contributed by atoms with Crippen molar-refractivity contribution in [1.29, 1.82) is 0 Å². The van der Waals surface area contributed by atoms with E-state index in [1.165, 1.54) is 0 Å². The van der Waals surface area contributed by atoms with Crippen LogP contribution >= 0.6 is 0 Å². The maximum absolute atomic E-state index is 12.8. The third-order valence-electron chi connectivity index (χ3n) is 4.62. The molecule has 6 heteroatoms. The largest absolute Gasteiger partial charge is 0.496 e. The van der Waals surface area contributed by atoms with E-state index in [0.717, 1.165) is 24.9 Å². The molecule has 0 aliphatic carbocycles. The first-order chi connectivity index (χ1) is 10.0. The van der Waals surface area contributed by atoms with Crippen molar-refractivity contribution >= 4 is 10.0 Å². The summed E-state index contributed by atoms with van der Waals surface area (Å²) in [5, 5.41) is 3.46. The van der Waals surface area contributed by atoms with E-state index < -0.39 is 10.0 Å². The van der Waals surface area contributed by atoms with Gasteiger partial charge in [-0.25, -0.2) is 8.42 Å². The number of methoxy groups -OCH3 is 1. The van der Waals surface area contributed by atoms with E-state index in [0.29, 0.717) is 35.7 Å². The van der Waals surface area contributed by atoms with Gasteiger partial charge in [-0.15, -0.1) is 0 Å². The Labute approximate surface area is 126 Å². The van der Waals surface area contributed by atoms with Crippen molar-refractivity contribution in [3.05, 3.63) is 23.8 Å². The van der Waals surface area contributed by atoms with Gasteiger partial charge in [0.25, 0.3) is 0 Å². The maximum atomic E-state index is 12.8. The molecular formula is C15H22N2O3S. The van der Waals surface area contributed by atoms with Crippen molar-refractivity contribution in [2.24, 2.45) is 5.92 Å². The van der Waals surface area contributed by atoms with Gasteiger partial charge < -0.3 is 10.1 Å². The Kier molecular flexibility index (Phi) is 3.94. The molecule has 2 atom stereocenters. The lowest BCUT2D eigenvalue weighted by Crippen LogP contribution is -2.46. The highest BCUT2D eigenvalue weighted by Crippen LogP contribution is 2.30. The predicted octanol–water partition coefficient (Wildman–Crippen LogP) is 1.38. The predicted molar refractivity (Wildman–Crippen MR) is 81.0 cm³/mol. The van der Waals surface area contributed by atoms with Gasteiger partial charge in [-0.05, 0) is 56.0 Å². The number of aryl methyl sites for hydroxylation is 1. The lowest BCUT2D eigenvalue weighted by atomic mass is 9.95. The molecule has 0 saturated carbocycles. The van der Waals surface area contributed by atoms with Crippen molar-refractivity contribution in [3.8, 4) is 5.75 Å². The Morgan fingerprint density at radius 1 is 1.33 bits per heavy atom. The molecule has 0 amide bonds. The van der Waals surface area contributed by atoms with Crippen molar-refractivity contribution in [2.45, 2.75) is 30.7 Å². The van der Waals surface area contributed by atoms with Gasteiger partial charge in [-0.2, -0.15) is 4.31 Å². The molecule has 21 heavy (non-hydrogen) atoms. The molecule has 116 valence electrons. The number of nitrogens with one attached hydrogen (secondary N) is 1. The minimum Gasteiger partial charge on any atom is -0.496 e. The Morgan fingerprint density at radius 2 is 2.14 bits per heavy atom. The van der Waals surface area contributed by atoms with Crippen LogP contribution < -0.4 is 10.1 Å². The highest BCUT2D eigenvalue weighted by Gasteiger charge is 2.37. The molecule has 0 spiro atoms. The summed E-state index contributed by atoms with van der Waals surface area (Å²) in [4.78, 5) is 0.366. The zero-order chi connectivity index (χ0) is 15.0. The first-order valence-corrected chi connectivity index (χ1v) is 8.84. The molecule has 0 bridgehead atoms. The van der Waals surface area contributed by atoms with Crippen LogP contribution in [0.2, 0.25) is 0 Å². The lowest BCUT2D eigenvalue weighted by molar-refractivity contribution is 0.247. The monoisotopic (exact) mass is 310 g/mol. The molecule has 1 N–H and O–H groups in total. The Morgan fingerprint density at radius 3 is 2.86 bits per heavy atom. The maximum Gasteiger partial charge on any atom is 0.243 e. The van der Waals surface area contributed by atoms with Crippen molar-refractivity contribution in [3.63, 3.8) is 0 Å². The summed E-state index contributed by atoms with van der Waals surface area (Å²) in [6, 6.07) is 5.56. The summed E-state index contributed by atoms with van der Waals surface area (Å²) in [5.41, 5.74) is 0.844. The first-order valence-electron chi connectivity index (χ1n) is 7.40. The second-order valence-corrected chi connectivity index (χ2v) is 7.83. The number of fused-ring (bicyclic) bond motifs is 1. The van der Waals surface area contributed by atoms with Gasteiger partial charge in [-0.3, -0.25) is 0 Å². The van der Waals surface area contributed by atoms with Gasteiger partial charge >= 0.3 is 0 Å². The quantitative estimate of drug-likeness (QED) is 0.916. The minimum atomic E-state index is -3.40. The summed E-state index contributed by atoms with van der Waals surface area (Å²) in [6.45, 7) is 4.10. The number of nitrogens with zero attached hydrogens (tertiary/aromatic N) is 1. The summed E-state index contributed by atoms with van der Waals surface area (Å²) in [7, 11) is -1.81. The standard InChI is InChI=1S/C15H22N2O3S/c1-11-9-13(3-4-15(11)20-2)21(18,19)17-8-6-14-12(10-17)5-7-16-14/h3-4,9,12,14,16H,5-8,10H2,1-2H3. The second-order valence-electron chi connectivity index (χ2n) is 5.89. The highest BCUT2D eigenvalue weighted by molar-refractivity contribution is 7.89. The first kappa shape index (κ1) is 14.8. The Bertz CT molecular complexity index is 630. The molecule has 2 unspecified atom stereocenters. The minimum absolute atomic E-state index is 0.366. The van der Waals surface area contributed by atoms with Crippen molar-refractivity contribution in [2.75, 3.05) is 26.7 Å². The SMILES string of the molecule is COc1ccc(S(=O)(=O)N2CCC3NCCC3C2)cc1C. The average Bonchev–Trinajstić information content (AvgIpc) is 2.94. The third kappa shape index (κ3) is 2.67. The van der Waals surface area contributed by atoms with Crippen LogP contribution in [0.3, 0.4) is 0 Å². The van der Waals surface area contributed by atoms with E-state index in [4.69, 9.17) is 4.74 Å². The lowest BCUT2D eigenvalue weighted by Gasteiger charge is -2.34. The summed E-state index contributed by atoms with van der Waals surface area (Å²) >= 11 is 0. The number of benzene rings is 1.